The van der Waals surface area contributed by atoms with Gasteiger partial charge in [-0.25, -0.2) is 4.79 Å². The summed E-state index contributed by atoms with van der Waals surface area (Å²) in [5.41, 5.74) is 4.26. The first-order chi connectivity index (χ1) is 13.1. The maximum atomic E-state index is 12.6. The Morgan fingerprint density at radius 3 is 2.56 bits per heavy atom. The Morgan fingerprint density at radius 2 is 1.89 bits per heavy atom. The molecule has 0 bridgehead atoms. The standard InChI is InChI=1S/C19H28N6O2/c1-15-18(16(2)25(22-15)12-13-27-3)14-21-19(26)24-10-8-23(9-11-24)17-4-6-20-7-5-17/h4-7H,8-14H2,1-3H3,(H,21,26). The van der Waals surface area contributed by atoms with Gasteiger partial charge in [0.25, 0.3) is 0 Å². The molecule has 1 N–H and O–H groups in total. The van der Waals surface area contributed by atoms with E-state index in [1.165, 1.54) is 0 Å². The highest BCUT2D eigenvalue weighted by molar-refractivity contribution is 5.74. The summed E-state index contributed by atoms with van der Waals surface area (Å²) in [5.74, 6) is 0. The van der Waals surface area contributed by atoms with Gasteiger partial charge in [0, 0.05) is 69.2 Å². The highest BCUT2D eigenvalue weighted by atomic mass is 16.5. The minimum absolute atomic E-state index is 0.0205. The monoisotopic (exact) mass is 372 g/mol. The molecule has 0 spiro atoms. The van der Waals surface area contributed by atoms with Crippen LogP contribution in [0.25, 0.3) is 0 Å². The summed E-state index contributed by atoms with van der Waals surface area (Å²) in [7, 11) is 1.68. The summed E-state index contributed by atoms with van der Waals surface area (Å²) < 4.78 is 7.06. The number of pyridine rings is 1. The predicted molar refractivity (Wildman–Crippen MR) is 104 cm³/mol. The Balaban J connectivity index is 1.51. The van der Waals surface area contributed by atoms with E-state index in [2.05, 4.69) is 20.3 Å². The molecule has 146 valence electrons. The van der Waals surface area contributed by atoms with Crippen LogP contribution in [0.1, 0.15) is 17.0 Å². The minimum Gasteiger partial charge on any atom is -0.383 e. The lowest BCUT2D eigenvalue weighted by atomic mass is 10.2. The zero-order chi connectivity index (χ0) is 19.2. The maximum Gasteiger partial charge on any atom is 0.317 e. The summed E-state index contributed by atoms with van der Waals surface area (Å²) in [6, 6.07) is 3.98. The van der Waals surface area contributed by atoms with Gasteiger partial charge in [-0.1, -0.05) is 0 Å². The van der Waals surface area contributed by atoms with Crippen molar-refractivity contribution in [3.63, 3.8) is 0 Å². The molecule has 27 heavy (non-hydrogen) atoms. The molecule has 0 radical (unpaired) electrons. The molecule has 0 aromatic carbocycles. The van der Waals surface area contributed by atoms with E-state index in [9.17, 15) is 4.79 Å². The van der Waals surface area contributed by atoms with Crippen LogP contribution in [0.5, 0.6) is 0 Å². The van der Waals surface area contributed by atoms with E-state index in [4.69, 9.17) is 4.74 Å². The molecule has 1 fully saturated rings. The third kappa shape index (κ3) is 4.57. The number of nitrogens with zero attached hydrogens (tertiary/aromatic N) is 5. The smallest absolute Gasteiger partial charge is 0.317 e. The van der Waals surface area contributed by atoms with Crippen LogP contribution >= 0.6 is 0 Å². The Hall–Kier alpha value is -2.61. The van der Waals surface area contributed by atoms with Crippen molar-refractivity contribution in [2.45, 2.75) is 26.9 Å². The number of ether oxygens (including phenoxy) is 1. The Kier molecular flexibility index (Phi) is 6.28. The molecular formula is C19H28N6O2. The first-order valence-electron chi connectivity index (χ1n) is 9.29. The first-order valence-corrected chi connectivity index (χ1v) is 9.29. The summed E-state index contributed by atoms with van der Waals surface area (Å²) in [4.78, 5) is 20.8. The molecule has 1 aliphatic rings. The molecule has 2 amide bonds. The third-order valence-electron chi connectivity index (χ3n) is 5.05. The SMILES string of the molecule is COCCn1nc(C)c(CNC(=O)N2CCN(c3ccncc3)CC2)c1C. The summed E-state index contributed by atoms with van der Waals surface area (Å²) in [5, 5.41) is 7.59. The molecule has 2 aromatic rings. The molecule has 1 saturated heterocycles. The van der Waals surface area contributed by atoms with Crippen LogP contribution in [0.15, 0.2) is 24.5 Å². The van der Waals surface area contributed by atoms with Crippen molar-refractivity contribution in [3.05, 3.63) is 41.5 Å². The molecule has 2 aromatic heterocycles. The number of nitrogens with one attached hydrogen (secondary N) is 1. The highest BCUT2D eigenvalue weighted by Crippen LogP contribution is 2.16. The number of rotatable bonds is 6. The first kappa shape index (κ1) is 19.2. The second-order valence-corrected chi connectivity index (χ2v) is 6.70. The third-order valence-corrected chi connectivity index (χ3v) is 5.05. The second kappa shape index (κ2) is 8.85. The number of methoxy groups -OCH3 is 1. The van der Waals surface area contributed by atoms with Crippen LogP contribution in [0.3, 0.4) is 0 Å². The van der Waals surface area contributed by atoms with Gasteiger partial charge in [-0.15, -0.1) is 0 Å². The number of piperazine rings is 1. The van der Waals surface area contributed by atoms with Gasteiger partial charge in [0.1, 0.15) is 0 Å². The van der Waals surface area contributed by atoms with Crippen molar-refractivity contribution < 1.29 is 9.53 Å². The molecular weight excluding hydrogens is 344 g/mol. The molecule has 3 rings (SSSR count). The van der Waals surface area contributed by atoms with E-state index < -0.39 is 0 Å². The van der Waals surface area contributed by atoms with Crippen molar-refractivity contribution >= 4 is 11.7 Å². The quantitative estimate of drug-likeness (QED) is 0.833. The molecule has 0 aliphatic carbocycles. The van der Waals surface area contributed by atoms with E-state index in [0.29, 0.717) is 32.8 Å². The Bertz CT molecular complexity index is 753. The van der Waals surface area contributed by atoms with Gasteiger partial charge >= 0.3 is 6.03 Å². The van der Waals surface area contributed by atoms with Crippen LogP contribution in [0.4, 0.5) is 10.5 Å². The van der Waals surface area contributed by atoms with Crippen molar-refractivity contribution in [1.82, 2.24) is 25.0 Å². The number of urea groups is 1. The number of amides is 2. The molecule has 8 nitrogen and oxygen atoms in total. The van der Waals surface area contributed by atoms with Crippen LogP contribution in [-0.4, -0.2) is 65.6 Å². The molecule has 3 heterocycles. The maximum absolute atomic E-state index is 12.6. The second-order valence-electron chi connectivity index (χ2n) is 6.70. The normalized spacial score (nSPS) is 14.5. The lowest BCUT2D eigenvalue weighted by Crippen LogP contribution is -2.51. The Morgan fingerprint density at radius 1 is 1.19 bits per heavy atom. The van der Waals surface area contributed by atoms with Gasteiger partial charge in [-0.3, -0.25) is 9.67 Å². The number of carbonyl (C=O) groups excluding carboxylic acids is 1. The van der Waals surface area contributed by atoms with Gasteiger partial charge in [0.15, 0.2) is 0 Å². The fourth-order valence-electron chi connectivity index (χ4n) is 3.38. The Labute approximate surface area is 160 Å². The van der Waals surface area contributed by atoms with Crippen molar-refractivity contribution in [3.8, 4) is 0 Å². The summed E-state index contributed by atoms with van der Waals surface area (Å²) in [6.07, 6.45) is 3.60. The van der Waals surface area contributed by atoms with E-state index in [-0.39, 0.29) is 6.03 Å². The zero-order valence-electron chi connectivity index (χ0n) is 16.3. The summed E-state index contributed by atoms with van der Waals surface area (Å²) in [6.45, 7) is 8.90. The number of hydrogen-bond donors (Lipinski definition) is 1. The molecule has 0 atom stereocenters. The summed E-state index contributed by atoms with van der Waals surface area (Å²) >= 11 is 0. The number of hydrogen-bond acceptors (Lipinski definition) is 5. The number of aryl methyl sites for hydroxylation is 1. The van der Waals surface area contributed by atoms with Crippen LogP contribution in [-0.2, 0) is 17.8 Å². The predicted octanol–water partition coefficient (Wildman–Crippen LogP) is 1.57. The zero-order valence-corrected chi connectivity index (χ0v) is 16.3. The molecule has 8 heteroatoms. The highest BCUT2D eigenvalue weighted by Gasteiger charge is 2.22. The largest absolute Gasteiger partial charge is 0.383 e. The van der Waals surface area contributed by atoms with Crippen LogP contribution in [0, 0.1) is 13.8 Å². The van der Waals surface area contributed by atoms with Gasteiger partial charge in [-0.2, -0.15) is 5.10 Å². The van der Waals surface area contributed by atoms with Crippen LogP contribution < -0.4 is 10.2 Å². The van der Waals surface area contributed by atoms with E-state index in [0.717, 1.165) is 35.7 Å². The van der Waals surface area contributed by atoms with Gasteiger partial charge in [0.05, 0.1) is 18.8 Å². The molecule has 1 aliphatic heterocycles. The lowest BCUT2D eigenvalue weighted by molar-refractivity contribution is 0.182. The van der Waals surface area contributed by atoms with Gasteiger partial charge in [-0.05, 0) is 26.0 Å². The fourth-order valence-corrected chi connectivity index (χ4v) is 3.38. The molecule has 0 unspecified atom stereocenters. The molecule has 0 saturated carbocycles. The average Bonchev–Trinajstić information content (AvgIpc) is 2.98. The fraction of sp³-hybridized carbons (Fsp3) is 0.526. The number of aromatic nitrogens is 3. The van der Waals surface area contributed by atoms with E-state index >= 15 is 0 Å². The van der Waals surface area contributed by atoms with Crippen molar-refractivity contribution in [2.75, 3.05) is 44.8 Å². The van der Waals surface area contributed by atoms with Crippen molar-refractivity contribution in [2.24, 2.45) is 0 Å². The van der Waals surface area contributed by atoms with Crippen molar-refractivity contribution in [1.29, 1.82) is 0 Å². The van der Waals surface area contributed by atoms with Gasteiger partial charge < -0.3 is 19.9 Å². The number of anilines is 1. The van der Waals surface area contributed by atoms with Crippen LogP contribution in [0.2, 0.25) is 0 Å². The van der Waals surface area contributed by atoms with Gasteiger partial charge in [0.2, 0.25) is 0 Å². The lowest BCUT2D eigenvalue weighted by Gasteiger charge is -2.36. The topological polar surface area (TPSA) is 75.5 Å². The number of carbonyl (C=O) groups is 1. The minimum atomic E-state index is -0.0205. The van der Waals surface area contributed by atoms with E-state index in [1.54, 1.807) is 19.5 Å². The average molecular weight is 372 g/mol. The van der Waals surface area contributed by atoms with E-state index in [1.807, 2.05) is 35.6 Å².